The molecule has 2 aromatic heterocycles. The van der Waals surface area contributed by atoms with Crippen LogP contribution >= 0.6 is 0 Å². The Balaban J connectivity index is 2.12. The summed E-state index contributed by atoms with van der Waals surface area (Å²) in [5.41, 5.74) is 0.306. The van der Waals surface area contributed by atoms with Crippen LogP contribution in [-0.4, -0.2) is 21.4 Å². The van der Waals surface area contributed by atoms with Gasteiger partial charge in [0.1, 0.15) is 29.0 Å². The number of hydrogen-bond donors (Lipinski definition) is 1. The van der Waals surface area contributed by atoms with Crippen LogP contribution in [0, 0.1) is 17.1 Å². The highest BCUT2D eigenvalue weighted by atomic mass is 19.1. The lowest BCUT2D eigenvalue weighted by molar-refractivity contribution is 0.458. The van der Waals surface area contributed by atoms with Gasteiger partial charge in [0.15, 0.2) is 0 Å². The van der Waals surface area contributed by atoms with Crippen LogP contribution in [0.3, 0.4) is 0 Å². The molecule has 7 heteroatoms. The highest BCUT2D eigenvalue weighted by Crippen LogP contribution is 2.28. The number of benzene rings is 1. The molecular formula is C14H10FN5O. The Bertz CT molecular complexity index is 852. The van der Waals surface area contributed by atoms with Crippen molar-refractivity contribution in [2.45, 2.75) is 0 Å². The summed E-state index contributed by atoms with van der Waals surface area (Å²) in [4.78, 5) is 8.38. The Kier molecular flexibility index (Phi) is 3.12. The number of nitriles is 1. The Morgan fingerprint density at radius 3 is 3.05 bits per heavy atom. The lowest BCUT2D eigenvalue weighted by Gasteiger charge is -2.09. The number of ether oxygens (including phenoxy) is 1. The van der Waals surface area contributed by atoms with Crippen molar-refractivity contribution in [2.75, 3.05) is 12.4 Å². The van der Waals surface area contributed by atoms with Crippen molar-refractivity contribution in [3.05, 3.63) is 48.2 Å². The molecule has 0 amide bonds. The van der Waals surface area contributed by atoms with Crippen LogP contribution in [0.4, 0.5) is 10.2 Å². The van der Waals surface area contributed by atoms with Gasteiger partial charge in [-0.15, -0.1) is 0 Å². The van der Waals surface area contributed by atoms with E-state index in [1.54, 1.807) is 36.1 Å². The predicted molar refractivity (Wildman–Crippen MR) is 73.7 cm³/mol. The zero-order valence-corrected chi connectivity index (χ0v) is 11.0. The van der Waals surface area contributed by atoms with Gasteiger partial charge in [-0.25, -0.2) is 9.37 Å². The molecule has 6 nitrogen and oxygen atoms in total. The second kappa shape index (κ2) is 5.09. The van der Waals surface area contributed by atoms with Crippen molar-refractivity contribution >= 4 is 11.5 Å². The van der Waals surface area contributed by atoms with E-state index >= 15 is 0 Å². The van der Waals surface area contributed by atoms with Crippen molar-refractivity contribution in [3.8, 4) is 17.7 Å². The number of nitrogens with one attached hydrogen (secondary N) is 1. The number of fused-ring (bicyclic) bond motifs is 1. The highest BCUT2D eigenvalue weighted by Gasteiger charge is 2.14. The summed E-state index contributed by atoms with van der Waals surface area (Å²) in [5, 5.41) is 11.9. The number of nitrogens with zero attached hydrogens (tertiary/aromatic N) is 4. The summed E-state index contributed by atoms with van der Waals surface area (Å²) in [7, 11) is 1.72. The van der Waals surface area contributed by atoms with Crippen molar-refractivity contribution in [3.63, 3.8) is 0 Å². The van der Waals surface area contributed by atoms with Gasteiger partial charge in [0.25, 0.3) is 5.88 Å². The molecule has 21 heavy (non-hydrogen) atoms. The van der Waals surface area contributed by atoms with Crippen LogP contribution < -0.4 is 10.1 Å². The highest BCUT2D eigenvalue weighted by molar-refractivity contribution is 5.56. The molecule has 0 unspecified atom stereocenters. The van der Waals surface area contributed by atoms with Gasteiger partial charge in [-0.2, -0.15) is 10.2 Å². The maximum Gasteiger partial charge on any atom is 0.265 e. The average Bonchev–Trinajstić information content (AvgIpc) is 2.96. The topological polar surface area (TPSA) is 75.2 Å². The molecule has 1 N–H and O–H groups in total. The summed E-state index contributed by atoms with van der Waals surface area (Å²) in [5.74, 6) is 0.210. The minimum atomic E-state index is -0.640. The van der Waals surface area contributed by atoms with Gasteiger partial charge < -0.3 is 10.1 Å². The fraction of sp³-hybridized carbons (Fsp3) is 0.0714. The number of hydrogen-bond acceptors (Lipinski definition) is 5. The van der Waals surface area contributed by atoms with E-state index in [4.69, 9.17) is 10.00 Å². The fourth-order valence-corrected chi connectivity index (χ4v) is 1.89. The summed E-state index contributed by atoms with van der Waals surface area (Å²) in [6.45, 7) is 0. The normalized spacial score (nSPS) is 10.3. The molecule has 0 aliphatic carbocycles. The molecule has 0 spiro atoms. The maximum atomic E-state index is 13.6. The molecule has 104 valence electrons. The zero-order valence-electron chi connectivity index (χ0n) is 11.0. The minimum Gasteiger partial charge on any atom is -0.434 e. The number of aromatic nitrogens is 3. The number of anilines is 1. The van der Waals surface area contributed by atoms with Gasteiger partial charge >= 0.3 is 0 Å². The van der Waals surface area contributed by atoms with E-state index in [-0.39, 0.29) is 17.2 Å². The third-order valence-electron chi connectivity index (χ3n) is 2.89. The van der Waals surface area contributed by atoms with Crippen molar-refractivity contribution < 1.29 is 9.13 Å². The van der Waals surface area contributed by atoms with Gasteiger partial charge in [-0.05, 0) is 12.1 Å². The first-order valence-corrected chi connectivity index (χ1v) is 6.11. The van der Waals surface area contributed by atoms with E-state index in [1.165, 1.54) is 18.2 Å². The first-order valence-electron chi connectivity index (χ1n) is 6.11. The third kappa shape index (κ3) is 2.23. The number of imidazole rings is 1. The molecule has 2 heterocycles. The quantitative estimate of drug-likeness (QED) is 0.799. The molecule has 0 fully saturated rings. The van der Waals surface area contributed by atoms with Gasteiger partial charge in [-0.3, -0.25) is 4.40 Å². The third-order valence-corrected chi connectivity index (χ3v) is 2.89. The van der Waals surface area contributed by atoms with Crippen LogP contribution in [0.2, 0.25) is 0 Å². The van der Waals surface area contributed by atoms with E-state index < -0.39 is 5.82 Å². The second-order valence-corrected chi connectivity index (χ2v) is 4.17. The number of halogens is 1. The van der Waals surface area contributed by atoms with Crippen LogP contribution in [0.1, 0.15) is 5.56 Å². The Morgan fingerprint density at radius 2 is 2.29 bits per heavy atom. The lowest BCUT2D eigenvalue weighted by Crippen LogP contribution is -2.00. The van der Waals surface area contributed by atoms with Crippen LogP contribution in [-0.2, 0) is 0 Å². The first-order chi connectivity index (χ1) is 10.2. The van der Waals surface area contributed by atoms with E-state index in [1.807, 2.05) is 0 Å². The molecule has 0 aliphatic heterocycles. The molecule has 0 saturated heterocycles. The number of rotatable bonds is 3. The lowest BCUT2D eigenvalue weighted by atomic mass is 10.2. The first kappa shape index (κ1) is 12.9. The largest absolute Gasteiger partial charge is 0.434 e. The fourth-order valence-electron chi connectivity index (χ4n) is 1.89. The summed E-state index contributed by atoms with van der Waals surface area (Å²) < 4.78 is 20.9. The molecule has 1 aromatic carbocycles. The van der Waals surface area contributed by atoms with Crippen LogP contribution in [0.15, 0.2) is 36.8 Å². The molecule has 0 saturated carbocycles. The van der Waals surface area contributed by atoms with Crippen molar-refractivity contribution in [2.24, 2.45) is 0 Å². The van der Waals surface area contributed by atoms with Gasteiger partial charge in [-0.1, -0.05) is 6.07 Å². The molecule has 3 rings (SSSR count). The van der Waals surface area contributed by atoms with E-state index in [2.05, 4.69) is 15.3 Å². The van der Waals surface area contributed by atoms with E-state index in [0.717, 1.165) is 0 Å². The molecule has 0 bridgehead atoms. The van der Waals surface area contributed by atoms with E-state index in [0.29, 0.717) is 11.5 Å². The monoisotopic (exact) mass is 283 g/mol. The minimum absolute atomic E-state index is 0.100. The Hall–Kier alpha value is -3.14. The average molecular weight is 283 g/mol. The van der Waals surface area contributed by atoms with Gasteiger partial charge in [0.05, 0.1) is 6.20 Å². The Labute approximate surface area is 119 Å². The summed E-state index contributed by atoms with van der Waals surface area (Å²) >= 11 is 0. The van der Waals surface area contributed by atoms with Gasteiger partial charge in [0, 0.05) is 19.4 Å². The second-order valence-electron chi connectivity index (χ2n) is 4.17. The molecule has 0 radical (unpaired) electrons. The standard InChI is InChI=1S/C14H10FN5O/c1-17-12-8-20-6-5-18-13(20)14(19-12)21-11-4-2-3-10(15)9(11)7-16/h2-6,8,17H,1H3. The van der Waals surface area contributed by atoms with Gasteiger partial charge in [0.2, 0.25) is 5.65 Å². The predicted octanol–water partition coefficient (Wildman–Crippen LogP) is 2.57. The zero-order chi connectivity index (χ0) is 14.8. The molecular weight excluding hydrogens is 273 g/mol. The molecule has 0 atom stereocenters. The molecule has 0 aliphatic rings. The SMILES string of the molecule is CNc1cn2ccnc2c(Oc2cccc(F)c2C#N)n1. The summed E-state index contributed by atoms with van der Waals surface area (Å²) in [6.07, 6.45) is 5.08. The maximum absolute atomic E-state index is 13.6. The molecule has 3 aromatic rings. The Morgan fingerprint density at radius 1 is 1.43 bits per heavy atom. The van der Waals surface area contributed by atoms with Crippen molar-refractivity contribution in [1.82, 2.24) is 14.4 Å². The van der Waals surface area contributed by atoms with Crippen LogP contribution in [0.5, 0.6) is 11.6 Å². The summed E-state index contributed by atoms with van der Waals surface area (Å²) in [6, 6.07) is 5.96. The smallest absolute Gasteiger partial charge is 0.265 e. The van der Waals surface area contributed by atoms with E-state index in [9.17, 15) is 4.39 Å². The van der Waals surface area contributed by atoms with Crippen molar-refractivity contribution in [1.29, 1.82) is 5.26 Å². The van der Waals surface area contributed by atoms with Crippen LogP contribution in [0.25, 0.3) is 5.65 Å².